The summed E-state index contributed by atoms with van der Waals surface area (Å²) in [6, 6.07) is 5.45. The Morgan fingerprint density at radius 3 is 2.76 bits per heavy atom. The van der Waals surface area contributed by atoms with E-state index in [1.807, 2.05) is 24.0 Å². The minimum atomic E-state index is -0.179. The molecule has 1 fully saturated rings. The predicted molar refractivity (Wildman–Crippen MR) is 84.7 cm³/mol. The predicted octanol–water partition coefficient (Wildman–Crippen LogP) is 3.66. The molecule has 0 spiro atoms. The number of rotatable bonds is 3. The Labute approximate surface area is 128 Å². The van der Waals surface area contributed by atoms with Crippen molar-refractivity contribution >= 4 is 17.0 Å². The molecule has 0 N–H and O–H groups in total. The normalized spacial score (nSPS) is 15.5. The van der Waals surface area contributed by atoms with Crippen LogP contribution in [0.15, 0.2) is 18.2 Å². The molecule has 1 aromatic carbocycles. The lowest BCUT2D eigenvalue weighted by Gasteiger charge is -2.29. The van der Waals surface area contributed by atoms with Gasteiger partial charge in [0.2, 0.25) is 0 Å². The molecule has 0 radical (unpaired) electrons. The molecule has 3 rings (SSSR count). The van der Waals surface area contributed by atoms with Crippen molar-refractivity contribution in [2.45, 2.75) is 20.3 Å². The van der Waals surface area contributed by atoms with Crippen LogP contribution in [0, 0.1) is 12.7 Å². The zero-order valence-electron chi connectivity index (χ0n) is 12.4. The molecule has 5 heteroatoms. The van der Waals surface area contributed by atoms with Crippen molar-refractivity contribution in [2.75, 3.05) is 31.2 Å². The number of aromatic nitrogens is 1. The third-order valence-corrected chi connectivity index (χ3v) is 4.81. The second kappa shape index (κ2) is 6.12. The number of benzene rings is 1. The van der Waals surface area contributed by atoms with E-state index in [0.717, 1.165) is 35.8 Å². The van der Waals surface area contributed by atoms with Gasteiger partial charge in [-0.25, -0.2) is 9.37 Å². The second-order valence-corrected chi connectivity index (χ2v) is 6.41. The highest BCUT2D eigenvalue weighted by atomic mass is 32.1. The molecule has 1 aliphatic heterocycles. The van der Waals surface area contributed by atoms with Gasteiger partial charge in [-0.3, -0.25) is 0 Å². The Kier molecular flexibility index (Phi) is 4.22. The fraction of sp³-hybridized carbons (Fsp3) is 0.438. The smallest absolute Gasteiger partial charge is 0.147 e. The van der Waals surface area contributed by atoms with Crippen LogP contribution in [-0.4, -0.2) is 31.3 Å². The summed E-state index contributed by atoms with van der Waals surface area (Å²) in [6.07, 6.45) is 0.924. The molecule has 0 saturated carbocycles. The summed E-state index contributed by atoms with van der Waals surface area (Å²) >= 11 is 1.69. The molecule has 112 valence electrons. The molecule has 2 heterocycles. The summed E-state index contributed by atoms with van der Waals surface area (Å²) in [5.41, 5.74) is 2.45. The van der Waals surface area contributed by atoms with E-state index in [1.165, 1.54) is 4.88 Å². The van der Waals surface area contributed by atoms with E-state index < -0.39 is 0 Å². The van der Waals surface area contributed by atoms with Crippen LogP contribution in [-0.2, 0) is 11.2 Å². The minimum absolute atomic E-state index is 0.179. The molecular weight excluding hydrogens is 287 g/mol. The first kappa shape index (κ1) is 14.5. The molecule has 3 nitrogen and oxygen atoms in total. The van der Waals surface area contributed by atoms with Gasteiger partial charge in [0.05, 0.1) is 29.6 Å². The van der Waals surface area contributed by atoms with Gasteiger partial charge >= 0.3 is 0 Å². The third kappa shape index (κ3) is 2.94. The van der Waals surface area contributed by atoms with Gasteiger partial charge in [-0.1, -0.05) is 13.0 Å². The standard InChI is InChI=1S/C16H19FN2OS/c1-3-15-16(18-11(2)21-15)12-4-5-14(13(17)10-12)19-6-8-20-9-7-19/h4-5,10H,3,6-9H2,1-2H3. The van der Waals surface area contributed by atoms with Crippen molar-refractivity contribution in [3.8, 4) is 11.3 Å². The molecule has 0 bridgehead atoms. The van der Waals surface area contributed by atoms with Crippen LogP contribution >= 0.6 is 11.3 Å². The van der Waals surface area contributed by atoms with E-state index >= 15 is 0 Å². The van der Waals surface area contributed by atoms with Gasteiger partial charge in [0.1, 0.15) is 5.82 Å². The van der Waals surface area contributed by atoms with Crippen LogP contribution in [0.1, 0.15) is 16.8 Å². The lowest BCUT2D eigenvalue weighted by atomic mass is 10.1. The maximum Gasteiger partial charge on any atom is 0.147 e. The lowest BCUT2D eigenvalue weighted by molar-refractivity contribution is 0.122. The number of hydrogen-bond acceptors (Lipinski definition) is 4. The topological polar surface area (TPSA) is 25.4 Å². The molecule has 0 amide bonds. The van der Waals surface area contributed by atoms with Crippen LogP contribution < -0.4 is 4.90 Å². The first-order chi connectivity index (χ1) is 10.2. The van der Waals surface area contributed by atoms with E-state index in [2.05, 4.69) is 11.9 Å². The number of hydrogen-bond donors (Lipinski definition) is 0. The van der Waals surface area contributed by atoms with Crippen LogP contribution in [0.25, 0.3) is 11.3 Å². The third-order valence-electron chi connectivity index (χ3n) is 3.70. The molecule has 0 aliphatic carbocycles. The largest absolute Gasteiger partial charge is 0.378 e. The van der Waals surface area contributed by atoms with E-state index in [9.17, 15) is 4.39 Å². The molecule has 21 heavy (non-hydrogen) atoms. The fourth-order valence-corrected chi connectivity index (χ4v) is 3.55. The highest BCUT2D eigenvalue weighted by molar-refractivity contribution is 7.12. The van der Waals surface area contributed by atoms with Gasteiger partial charge < -0.3 is 9.64 Å². The number of anilines is 1. The number of aryl methyl sites for hydroxylation is 2. The Bertz CT molecular complexity index is 635. The van der Waals surface area contributed by atoms with Crippen molar-refractivity contribution in [1.82, 2.24) is 4.98 Å². The average Bonchev–Trinajstić information content (AvgIpc) is 2.89. The van der Waals surface area contributed by atoms with Crippen LogP contribution in [0.3, 0.4) is 0 Å². The van der Waals surface area contributed by atoms with Crippen LogP contribution in [0.2, 0.25) is 0 Å². The molecule has 1 aromatic heterocycles. The number of thiazole rings is 1. The van der Waals surface area contributed by atoms with Crippen molar-refractivity contribution in [3.63, 3.8) is 0 Å². The van der Waals surface area contributed by atoms with Gasteiger partial charge in [0.25, 0.3) is 0 Å². The summed E-state index contributed by atoms with van der Waals surface area (Å²) in [7, 11) is 0. The number of morpholine rings is 1. The first-order valence-electron chi connectivity index (χ1n) is 7.28. The zero-order valence-corrected chi connectivity index (χ0v) is 13.2. The van der Waals surface area contributed by atoms with Gasteiger partial charge in [0.15, 0.2) is 0 Å². The Morgan fingerprint density at radius 1 is 1.33 bits per heavy atom. The van der Waals surface area contributed by atoms with Crippen molar-refractivity contribution < 1.29 is 9.13 Å². The number of nitrogens with zero attached hydrogens (tertiary/aromatic N) is 2. The van der Waals surface area contributed by atoms with Crippen molar-refractivity contribution in [1.29, 1.82) is 0 Å². The Hall–Kier alpha value is -1.46. The highest BCUT2D eigenvalue weighted by Crippen LogP contribution is 2.31. The molecular formula is C16H19FN2OS. The van der Waals surface area contributed by atoms with Gasteiger partial charge in [-0.15, -0.1) is 11.3 Å². The number of halogens is 1. The van der Waals surface area contributed by atoms with E-state index in [-0.39, 0.29) is 5.82 Å². The average molecular weight is 306 g/mol. The van der Waals surface area contributed by atoms with Gasteiger partial charge in [-0.2, -0.15) is 0 Å². The summed E-state index contributed by atoms with van der Waals surface area (Å²) in [5.74, 6) is -0.179. The maximum absolute atomic E-state index is 14.5. The SMILES string of the molecule is CCc1sc(C)nc1-c1ccc(N2CCOCC2)c(F)c1. The quantitative estimate of drug-likeness (QED) is 0.865. The summed E-state index contributed by atoms with van der Waals surface area (Å²) < 4.78 is 19.8. The van der Waals surface area contributed by atoms with Crippen molar-refractivity contribution in [2.24, 2.45) is 0 Å². The second-order valence-electron chi connectivity index (χ2n) is 5.12. The fourth-order valence-electron chi connectivity index (χ4n) is 2.65. The minimum Gasteiger partial charge on any atom is -0.378 e. The van der Waals surface area contributed by atoms with E-state index in [4.69, 9.17) is 4.74 Å². The van der Waals surface area contributed by atoms with Gasteiger partial charge in [-0.05, 0) is 25.5 Å². The van der Waals surface area contributed by atoms with Gasteiger partial charge in [0, 0.05) is 23.5 Å². The Balaban J connectivity index is 1.93. The summed E-state index contributed by atoms with van der Waals surface area (Å²) in [6.45, 7) is 6.90. The first-order valence-corrected chi connectivity index (χ1v) is 8.09. The Morgan fingerprint density at radius 2 is 2.10 bits per heavy atom. The summed E-state index contributed by atoms with van der Waals surface area (Å²) in [5, 5.41) is 1.03. The molecule has 0 unspecified atom stereocenters. The zero-order chi connectivity index (χ0) is 14.8. The maximum atomic E-state index is 14.5. The van der Waals surface area contributed by atoms with Crippen LogP contribution in [0.5, 0.6) is 0 Å². The lowest BCUT2D eigenvalue weighted by Crippen LogP contribution is -2.36. The van der Waals surface area contributed by atoms with E-state index in [0.29, 0.717) is 18.9 Å². The highest BCUT2D eigenvalue weighted by Gasteiger charge is 2.17. The summed E-state index contributed by atoms with van der Waals surface area (Å²) in [4.78, 5) is 7.80. The molecule has 1 aliphatic rings. The van der Waals surface area contributed by atoms with Crippen molar-refractivity contribution in [3.05, 3.63) is 33.9 Å². The molecule has 2 aromatic rings. The van der Waals surface area contributed by atoms with Crippen LogP contribution in [0.4, 0.5) is 10.1 Å². The number of ether oxygens (including phenoxy) is 1. The van der Waals surface area contributed by atoms with E-state index in [1.54, 1.807) is 17.4 Å². The molecule has 1 saturated heterocycles. The monoisotopic (exact) mass is 306 g/mol. The molecule has 0 atom stereocenters.